The Kier molecular flexibility index (Phi) is 7.98. The first kappa shape index (κ1) is 25.1. The van der Waals surface area contributed by atoms with Crippen LogP contribution in [0.1, 0.15) is 36.6 Å². The van der Waals surface area contributed by atoms with Crippen molar-refractivity contribution in [3.63, 3.8) is 0 Å². The van der Waals surface area contributed by atoms with Crippen LogP contribution in [-0.4, -0.2) is 29.6 Å². The normalized spacial score (nSPS) is 17.3. The molecule has 1 aliphatic heterocycles. The lowest BCUT2D eigenvalue weighted by Crippen LogP contribution is -2.31. The lowest BCUT2D eigenvalue weighted by atomic mass is 10.0. The summed E-state index contributed by atoms with van der Waals surface area (Å²) in [5.74, 6) is 0.752. The molecule has 0 aliphatic carbocycles. The highest BCUT2D eigenvalue weighted by atomic mass is 79.9. The van der Waals surface area contributed by atoms with Crippen molar-refractivity contribution in [2.45, 2.75) is 39.0 Å². The van der Waals surface area contributed by atoms with E-state index < -0.39 is 0 Å². The van der Waals surface area contributed by atoms with Crippen LogP contribution in [0.4, 0.5) is 4.79 Å². The summed E-state index contributed by atoms with van der Waals surface area (Å²) in [4.78, 5) is 26.4. The van der Waals surface area contributed by atoms with Gasteiger partial charge in [-0.1, -0.05) is 57.9 Å². The van der Waals surface area contributed by atoms with Gasteiger partial charge in [-0.2, -0.15) is 0 Å². The summed E-state index contributed by atoms with van der Waals surface area (Å²) < 4.78 is 17.8. The van der Waals surface area contributed by atoms with Gasteiger partial charge in [0.1, 0.15) is 17.6 Å². The third-order valence-corrected chi connectivity index (χ3v) is 6.63. The molecule has 0 spiro atoms. The monoisotopic (exact) mass is 557 g/mol. The van der Waals surface area contributed by atoms with Crippen LogP contribution in [0.25, 0.3) is 0 Å². The van der Waals surface area contributed by atoms with Crippen molar-refractivity contribution in [1.29, 1.82) is 0 Å². The number of carbonyl (C=O) groups is 2. The van der Waals surface area contributed by atoms with Crippen LogP contribution in [-0.2, 0) is 27.2 Å². The molecule has 3 aromatic carbocycles. The highest BCUT2D eigenvalue weighted by Gasteiger charge is 2.39. The van der Waals surface area contributed by atoms with E-state index in [-0.39, 0.29) is 30.6 Å². The van der Waals surface area contributed by atoms with Crippen molar-refractivity contribution in [1.82, 2.24) is 4.90 Å². The number of ether oxygens (including phenoxy) is 3. The topological polar surface area (TPSA) is 65.1 Å². The fourth-order valence-corrected chi connectivity index (χ4v) is 4.59. The highest BCUT2D eigenvalue weighted by Crippen LogP contribution is 2.36. The summed E-state index contributed by atoms with van der Waals surface area (Å²) in [7, 11) is 0. The molecule has 8 heteroatoms. The number of hydrogen-bond donors (Lipinski definition) is 0. The number of amides is 1. The van der Waals surface area contributed by atoms with E-state index in [4.69, 9.17) is 25.8 Å². The van der Waals surface area contributed by atoms with Crippen LogP contribution < -0.4 is 4.74 Å². The quantitative estimate of drug-likeness (QED) is 0.276. The summed E-state index contributed by atoms with van der Waals surface area (Å²) in [5, 5.41) is 0.460. The zero-order valence-corrected chi connectivity index (χ0v) is 21.7. The molecule has 182 valence electrons. The molecule has 2 atom stereocenters. The average molecular weight is 559 g/mol. The molecule has 0 aromatic heterocycles. The van der Waals surface area contributed by atoms with Crippen molar-refractivity contribution in [2.75, 3.05) is 6.61 Å². The first-order chi connectivity index (χ1) is 16.9. The number of halogens is 2. The second-order valence-electron chi connectivity index (χ2n) is 8.17. The van der Waals surface area contributed by atoms with Gasteiger partial charge in [-0.15, -0.1) is 0 Å². The van der Waals surface area contributed by atoms with Gasteiger partial charge in [-0.25, -0.2) is 4.79 Å². The minimum Gasteiger partial charge on any atom is -0.466 e. The summed E-state index contributed by atoms with van der Waals surface area (Å²) in [5.41, 5.74) is 2.37. The van der Waals surface area contributed by atoms with Gasteiger partial charge < -0.3 is 14.2 Å². The molecule has 35 heavy (non-hydrogen) atoms. The highest BCUT2D eigenvalue weighted by molar-refractivity contribution is 9.10. The Hall–Kier alpha value is -3.03. The Morgan fingerprint density at radius 1 is 1.09 bits per heavy atom. The largest absolute Gasteiger partial charge is 0.466 e. The van der Waals surface area contributed by atoms with Gasteiger partial charge in [-0.3, -0.25) is 9.69 Å². The molecule has 1 aliphatic rings. The minimum absolute atomic E-state index is 0.0507. The number of cyclic esters (lactones) is 1. The van der Waals surface area contributed by atoms with E-state index in [2.05, 4.69) is 15.9 Å². The lowest BCUT2D eigenvalue weighted by Gasteiger charge is -2.22. The molecule has 0 radical (unpaired) electrons. The molecule has 3 aromatic rings. The third-order valence-electron chi connectivity index (χ3n) is 5.77. The molecular weight excluding hydrogens is 534 g/mol. The third kappa shape index (κ3) is 5.97. The van der Waals surface area contributed by atoms with Gasteiger partial charge in [0.2, 0.25) is 0 Å². The van der Waals surface area contributed by atoms with Gasteiger partial charge >= 0.3 is 12.1 Å². The van der Waals surface area contributed by atoms with Gasteiger partial charge in [-0.05, 0) is 61.4 Å². The van der Waals surface area contributed by atoms with Gasteiger partial charge in [0.25, 0.3) is 0 Å². The predicted molar refractivity (Wildman–Crippen MR) is 137 cm³/mol. The van der Waals surface area contributed by atoms with E-state index >= 15 is 0 Å². The van der Waals surface area contributed by atoms with Crippen LogP contribution in [0.15, 0.2) is 71.2 Å². The second kappa shape index (κ2) is 11.1. The summed E-state index contributed by atoms with van der Waals surface area (Å²) in [6.45, 7) is 4.34. The first-order valence-electron chi connectivity index (χ1n) is 11.3. The Balaban J connectivity index is 1.55. The lowest BCUT2D eigenvalue weighted by molar-refractivity contribution is -0.142. The molecule has 1 fully saturated rings. The number of nitrogens with zero attached hydrogens (tertiary/aromatic N) is 1. The average Bonchev–Trinajstić information content (AvgIpc) is 3.12. The molecule has 1 amide bonds. The van der Waals surface area contributed by atoms with Gasteiger partial charge in [0, 0.05) is 15.1 Å². The van der Waals surface area contributed by atoms with Crippen LogP contribution in [0.3, 0.4) is 0 Å². The van der Waals surface area contributed by atoms with E-state index in [9.17, 15) is 9.59 Å². The van der Waals surface area contributed by atoms with Crippen molar-refractivity contribution in [3.8, 4) is 11.5 Å². The molecule has 4 rings (SSSR count). The standard InChI is InChI=1S/C27H25BrClNO5/c1-3-33-25(31)15-19-14-22(10-11-23(19)29)34-24-12-9-21(28)13-20(24)16-30-17(2)26(35-27(30)32)18-7-5-4-6-8-18/h4-14,17,26H,3,15-16H2,1-2H3/t17-,26+/m0/s1. The van der Waals surface area contributed by atoms with Crippen LogP contribution in [0.5, 0.6) is 11.5 Å². The summed E-state index contributed by atoms with van der Waals surface area (Å²) in [6, 6.07) is 20.3. The molecule has 0 unspecified atom stereocenters. The van der Waals surface area contributed by atoms with Crippen molar-refractivity contribution < 1.29 is 23.8 Å². The fraction of sp³-hybridized carbons (Fsp3) is 0.259. The number of rotatable bonds is 8. The maximum absolute atomic E-state index is 12.8. The Labute approximate surface area is 217 Å². The SMILES string of the molecule is CCOC(=O)Cc1cc(Oc2ccc(Br)cc2CN2C(=O)O[C@@H](c3ccccc3)[C@@H]2C)ccc1Cl. The van der Waals surface area contributed by atoms with E-state index in [1.54, 1.807) is 30.0 Å². The van der Waals surface area contributed by atoms with Crippen LogP contribution in [0, 0.1) is 0 Å². The number of hydrogen-bond acceptors (Lipinski definition) is 5. The first-order valence-corrected chi connectivity index (χ1v) is 12.4. The van der Waals surface area contributed by atoms with Gasteiger partial charge in [0.15, 0.2) is 0 Å². The number of esters is 1. The van der Waals surface area contributed by atoms with Crippen LogP contribution >= 0.6 is 27.5 Å². The van der Waals surface area contributed by atoms with Crippen molar-refractivity contribution in [3.05, 3.63) is 92.9 Å². The molecule has 1 saturated heterocycles. The smallest absolute Gasteiger partial charge is 0.411 e. The summed E-state index contributed by atoms with van der Waals surface area (Å²) >= 11 is 9.79. The maximum atomic E-state index is 12.8. The number of benzene rings is 3. The molecule has 0 bridgehead atoms. The minimum atomic E-state index is -0.375. The molecule has 6 nitrogen and oxygen atoms in total. The number of carbonyl (C=O) groups excluding carboxylic acids is 2. The second-order valence-corrected chi connectivity index (χ2v) is 9.50. The molecule has 0 N–H and O–H groups in total. The predicted octanol–water partition coefficient (Wildman–Crippen LogP) is 7.08. The zero-order valence-electron chi connectivity index (χ0n) is 19.4. The maximum Gasteiger partial charge on any atom is 0.411 e. The van der Waals surface area contributed by atoms with E-state index in [1.165, 1.54) is 0 Å². The Morgan fingerprint density at radius 3 is 2.60 bits per heavy atom. The Morgan fingerprint density at radius 2 is 1.86 bits per heavy atom. The van der Waals surface area contributed by atoms with E-state index in [0.717, 1.165) is 15.6 Å². The molecular formula is C27H25BrClNO5. The van der Waals surface area contributed by atoms with Gasteiger partial charge in [0.05, 0.1) is 25.6 Å². The summed E-state index contributed by atoms with van der Waals surface area (Å²) in [6.07, 6.45) is -0.669. The van der Waals surface area contributed by atoms with E-state index in [0.29, 0.717) is 35.2 Å². The fourth-order valence-electron chi connectivity index (χ4n) is 4.00. The Bertz CT molecular complexity index is 1220. The van der Waals surface area contributed by atoms with E-state index in [1.807, 2.05) is 55.5 Å². The van der Waals surface area contributed by atoms with Crippen molar-refractivity contribution >= 4 is 39.6 Å². The van der Waals surface area contributed by atoms with Crippen LogP contribution in [0.2, 0.25) is 5.02 Å². The zero-order chi connectivity index (χ0) is 24.9. The molecule has 1 heterocycles. The molecule has 0 saturated carbocycles. The van der Waals surface area contributed by atoms with Crippen molar-refractivity contribution in [2.24, 2.45) is 0 Å².